The Morgan fingerprint density at radius 2 is 2.00 bits per heavy atom. The van der Waals surface area contributed by atoms with Gasteiger partial charge in [0.2, 0.25) is 0 Å². The number of hydrogen-bond acceptors (Lipinski definition) is 2. The summed E-state index contributed by atoms with van der Waals surface area (Å²) in [5.74, 6) is -0.277. The number of hydrogen-bond donors (Lipinski definition) is 2. The van der Waals surface area contributed by atoms with E-state index in [9.17, 15) is 9.18 Å². The predicted octanol–water partition coefficient (Wildman–Crippen LogP) is 3.44. The molecule has 104 valence electrons. The number of rotatable bonds is 4. The molecule has 3 nitrogen and oxygen atoms in total. The lowest BCUT2D eigenvalue weighted by molar-refractivity contribution is 0.238. The number of halogens is 1. The van der Waals surface area contributed by atoms with Crippen molar-refractivity contribution in [2.75, 3.05) is 0 Å². The lowest BCUT2D eigenvalue weighted by atomic mass is 10.1. The first-order valence-electron chi connectivity index (χ1n) is 6.58. The molecule has 5 heteroatoms. The molecular formula is C15H15FN2OS. The van der Waals surface area contributed by atoms with Gasteiger partial charge in [-0.05, 0) is 42.0 Å². The number of urea groups is 1. The van der Waals surface area contributed by atoms with E-state index in [0.29, 0.717) is 6.04 Å². The van der Waals surface area contributed by atoms with Crippen LogP contribution in [0, 0.1) is 5.82 Å². The summed E-state index contributed by atoms with van der Waals surface area (Å²) < 4.78 is 13.0. The van der Waals surface area contributed by atoms with Crippen LogP contribution < -0.4 is 10.6 Å². The zero-order chi connectivity index (χ0) is 13.9. The summed E-state index contributed by atoms with van der Waals surface area (Å²) >= 11 is 1.57. The van der Waals surface area contributed by atoms with Gasteiger partial charge in [0, 0.05) is 10.9 Å². The molecule has 3 rings (SSSR count). The molecule has 2 amide bonds. The molecule has 1 atom stereocenters. The third-order valence-electron chi connectivity index (χ3n) is 3.22. The molecule has 1 fully saturated rings. The molecule has 0 radical (unpaired) electrons. The fourth-order valence-corrected chi connectivity index (χ4v) is 2.82. The summed E-state index contributed by atoms with van der Waals surface area (Å²) in [5, 5.41) is 7.84. The van der Waals surface area contributed by atoms with E-state index in [2.05, 4.69) is 10.6 Å². The van der Waals surface area contributed by atoms with E-state index < -0.39 is 0 Å². The van der Waals surface area contributed by atoms with Crippen molar-refractivity contribution in [3.8, 4) is 0 Å². The number of nitrogens with one attached hydrogen (secondary N) is 2. The lowest BCUT2D eigenvalue weighted by Gasteiger charge is -2.18. The Kier molecular flexibility index (Phi) is 3.69. The summed E-state index contributed by atoms with van der Waals surface area (Å²) in [6.07, 6.45) is 2.10. The van der Waals surface area contributed by atoms with Crippen LogP contribution in [0.1, 0.15) is 29.3 Å². The Hall–Kier alpha value is -1.88. The zero-order valence-electron chi connectivity index (χ0n) is 10.8. The molecule has 1 aliphatic rings. The Balaban J connectivity index is 1.79. The highest BCUT2D eigenvalue weighted by Crippen LogP contribution is 2.26. The van der Waals surface area contributed by atoms with Crippen molar-refractivity contribution in [1.29, 1.82) is 0 Å². The lowest BCUT2D eigenvalue weighted by Crippen LogP contribution is -2.39. The first-order valence-corrected chi connectivity index (χ1v) is 7.46. The quantitative estimate of drug-likeness (QED) is 0.890. The summed E-state index contributed by atoms with van der Waals surface area (Å²) in [7, 11) is 0. The van der Waals surface area contributed by atoms with Crippen LogP contribution >= 0.6 is 11.3 Å². The maximum absolute atomic E-state index is 13.0. The van der Waals surface area contributed by atoms with Crippen LogP contribution in [-0.2, 0) is 0 Å². The van der Waals surface area contributed by atoms with Gasteiger partial charge in [-0.25, -0.2) is 9.18 Å². The summed E-state index contributed by atoms with van der Waals surface area (Å²) in [6, 6.07) is 10.0. The third-order valence-corrected chi connectivity index (χ3v) is 4.16. The van der Waals surface area contributed by atoms with Crippen LogP contribution in [0.3, 0.4) is 0 Å². The largest absolute Gasteiger partial charge is 0.335 e. The van der Waals surface area contributed by atoms with E-state index in [1.54, 1.807) is 23.5 Å². The van der Waals surface area contributed by atoms with Gasteiger partial charge in [0.15, 0.2) is 0 Å². The van der Waals surface area contributed by atoms with Crippen LogP contribution in [0.5, 0.6) is 0 Å². The molecule has 1 heterocycles. The second-order valence-electron chi connectivity index (χ2n) is 4.89. The SMILES string of the molecule is O=C(NC1CC1)NC(c1ccc(F)cc1)c1cccs1. The van der Waals surface area contributed by atoms with Crippen LogP contribution in [0.4, 0.5) is 9.18 Å². The van der Waals surface area contributed by atoms with Gasteiger partial charge in [-0.3, -0.25) is 0 Å². The van der Waals surface area contributed by atoms with Gasteiger partial charge in [0.25, 0.3) is 0 Å². The van der Waals surface area contributed by atoms with E-state index in [0.717, 1.165) is 23.3 Å². The van der Waals surface area contributed by atoms with Gasteiger partial charge in [-0.1, -0.05) is 18.2 Å². The van der Waals surface area contributed by atoms with E-state index in [-0.39, 0.29) is 17.9 Å². The smallest absolute Gasteiger partial charge is 0.315 e. The Morgan fingerprint density at radius 3 is 2.60 bits per heavy atom. The molecule has 1 saturated carbocycles. The fraction of sp³-hybridized carbons (Fsp3) is 0.267. The van der Waals surface area contributed by atoms with Gasteiger partial charge in [-0.15, -0.1) is 11.3 Å². The number of benzene rings is 1. The van der Waals surface area contributed by atoms with Crippen molar-refractivity contribution in [3.63, 3.8) is 0 Å². The van der Waals surface area contributed by atoms with E-state index in [1.807, 2.05) is 17.5 Å². The van der Waals surface area contributed by atoms with Crippen molar-refractivity contribution in [3.05, 3.63) is 58.0 Å². The number of carbonyl (C=O) groups excluding carboxylic acids is 1. The Bertz CT molecular complexity index is 578. The van der Waals surface area contributed by atoms with E-state index in [1.165, 1.54) is 12.1 Å². The molecule has 1 aliphatic carbocycles. The average molecular weight is 290 g/mol. The molecule has 1 unspecified atom stereocenters. The normalized spacial score (nSPS) is 15.7. The van der Waals surface area contributed by atoms with Crippen molar-refractivity contribution in [2.45, 2.75) is 24.9 Å². The maximum Gasteiger partial charge on any atom is 0.315 e. The minimum Gasteiger partial charge on any atom is -0.335 e. The van der Waals surface area contributed by atoms with Crippen LogP contribution in [-0.4, -0.2) is 12.1 Å². The molecule has 0 aliphatic heterocycles. The maximum atomic E-state index is 13.0. The van der Waals surface area contributed by atoms with Gasteiger partial charge in [0.05, 0.1) is 6.04 Å². The van der Waals surface area contributed by atoms with Crippen molar-refractivity contribution >= 4 is 17.4 Å². The average Bonchev–Trinajstić information content (AvgIpc) is 3.07. The number of carbonyl (C=O) groups is 1. The monoisotopic (exact) mass is 290 g/mol. The van der Waals surface area contributed by atoms with E-state index >= 15 is 0 Å². The molecule has 1 aromatic carbocycles. The zero-order valence-corrected chi connectivity index (χ0v) is 11.6. The highest BCUT2D eigenvalue weighted by Gasteiger charge is 2.25. The van der Waals surface area contributed by atoms with Crippen LogP contribution in [0.2, 0.25) is 0 Å². The number of amides is 2. The van der Waals surface area contributed by atoms with Crippen molar-refractivity contribution < 1.29 is 9.18 Å². The second-order valence-corrected chi connectivity index (χ2v) is 5.87. The van der Waals surface area contributed by atoms with E-state index in [4.69, 9.17) is 0 Å². The number of thiophene rings is 1. The first kappa shape index (κ1) is 13.1. The van der Waals surface area contributed by atoms with Crippen LogP contribution in [0.25, 0.3) is 0 Å². The van der Waals surface area contributed by atoms with Gasteiger partial charge < -0.3 is 10.6 Å². The Morgan fingerprint density at radius 1 is 1.25 bits per heavy atom. The van der Waals surface area contributed by atoms with Crippen molar-refractivity contribution in [1.82, 2.24) is 10.6 Å². The standard InChI is InChI=1S/C15H15FN2OS/c16-11-5-3-10(4-6-11)14(13-2-1-9-20-13)18-15(19)17-12-7-8-12/h1-6,9,12,14H,7-8H2,(H2,17,18,19). The van der Waals surface area contributed by atoms with Crippen LogP contribution in [0.15, 0.2) is 41.8 Å². The topological polar surface area (TPSA) is 41.1 Å². The first-order chi connectivity index (χ1) is 9.72. The molecule has 0 spiro atoms. The molecule has 0 saturated heterocycles. The molecular weight excluding hydrogens is 275 g/mol. The summed E-state index contributed by atoms with van der Waals surface area (Å²) in [5.41, 5.74) is 0.875. The van der Waals surface area contributed by atoms with Gasteiger partial charge in [0.1, 0.15) is 5.82 Å². The minimum absolute atomic E-state index is 0.171. The minimum atomic E-state index is -0.277. The van der Waals surface area contributed by atoms with Gasteiger partial charge in [-0.2, -0.15) is 0 Å². The fourth-order valence-electron chi connectivity index (χ4n) is 2.02. The van der Waals surface area contributed by atoms with Crippen molar-refractivity contribution in [2.24, 2.45) is 0 Å². The third kappa shape index (κ3) is 3.17. The molecule has 0 bridgehead atoms. The highest BCUT2D eigenvalue weighted by atomic mass is 32.1. The summed E-state index contributed by atoms with van der Waals surface area (Å²) in [6.45, 7) is 0. The Labute approximate surface area is 120 Å². The molecule has 2 aromatic rings. The molecule has 20 heavy (non-hydrogen) atoms. The summed E-state index contributed by atoms with van der Waals surface area (Å²) in [4.78, 5) is 13.0. The van der Waals surface area contributed by atoms with Gasteiger partial charge >= 0.3 is 6.03 Å². The molecule has 2 N–H and O–H groups in total. The predicted molar refractivity (Wildman–Crippen MR) is 77.3 cm³/mol. The highest BCUT2D eigenvalue weighted by molar-refractivity contribution is 7.10. The second kappa shape index (κ2) is 5.63. The molecule has 1 aromatic heterocycles.